The Balaban J connectivity index is 2.11. The second-order valence-electron chi connectivity index (χ2n) is 5.03. The van der Waals surface area contributed by atoms with E-state index in [1.54, 1.807) is 7.11 Å². The van der Waals surface area contributed by atoms with Crippen LogP contribution in [0.3, 0.4) is 0 Å². The molecular formula is C14H20N2O. The molecule has 0 saturated heterocycles. The molecule has 0 aliphatic carbocycles. The largest absolute Gasteiger partial charge is 0.383 e. The van der Waals surface area contributed by atoms with Gasteiger partial charge < -0.3 is 15.0 Å². The van der Waals surface area contributed by atoms with Gasteiger partial charge in [-0.15, -0.1) is 0 Å². The summed E-state index contributed by atoms with van der Waals surface area (Å²) in [7, 11) is 1.73. The van der Waals surface area contributed by atoms with Crippen molar-refractivity contribution in [3.05, 3.63) is 36.0 Å². The van der Waals surface area contributed by atoms with Crippen molar-refractivity contribution < 1.29 is 4.74 Å². The highest BCUT2D eigenvalue weighted by atomic mass is 16.5. The van der Waals surface area contributed by atoms with Crippen molar-refractivity contribution in [3.63, 3.8) is 0 Å². The lowest BCUT2D eigenvalue weighted by atomic mass is 10.1. The van der Waals surface area contributed by atoms with Crippen molar-refractivity contribution in [1.29, 1.82) is 0 Å². The highest BCUT2D eigenvalue weighted by Crippen LogP contribution is 2.18. The molecule has 0 radical (unpaired) electrons. The van der Waals surface area contributed by atoms with Crippen LogP contribution in [0.5, 0.6) is 0 Å². The van der Waals surface area contributed by atoms with E-state index in [0.717, 1.165) is 6.54 Å². The Morgan fingerprint density at radius 3 is 2.88 bits per heavy atom. The van der Waals surface area contributed by atoms with Crippen LogP contribution in [0.1, 0.15) is 19.4 Å². The molecule has 3 heteroatoms. The van der Waals surface area contributed by atoms with E-state index in [2.05, 4.69) is 48.4 Å². The van der Waals surface area contributed by atoms with Gasteiger partial charge in [0, 0.05) is 36.3 Å². The summed E-state index contributed by atoms with van der Waals surface area (Å²) in [4.78, 5) is 3.23. The maximum atomic E-state index is 5.20. The molecule has 1 aromatic heterocycles. The minimum Gasteiger partial charge on any atom is -0.383 e. The first-order chi connectivity index (χ1) is 8.12. The summed E-state index contributed by atoms with van der Waals surface area (Å²) in [6.07, 6.45) is 1.98. The lowest BCUT2D eigenvalue weighted by Gasteiger charge is -2.25. The molecule has 2 aromatic rings. The average Bonchev–Trinajstić information content (AvgIpc) is 2.74. The average molecular weight is 232 g/mol. The summed E-state index contributed by atoms with van der Waals surface area (Å²) in [6, 6.07) is 8.46. The van der Waals surface area contributed by atoms with Gasteiger partial charge in [-0.3, -0.25) is 0 Å². The Kier molecular flexibility index (Phi) is 3.50. The van der Waals surface area contributed by atoms with E-state index in [4.69, 9.17) is 4.74 Å². The number of hydrogen-bond donors (Lipinski definition) is 2. The first kappa shape index (κ1) is 12.1. The van der Waals surface area contributed by atoms with Crippen LogP contribution in [0.25, 0.3) is 10.9 Å². The van der Waals surface area contributed by atoms with E-state index in [9.17, 15) is 0 Å². The van der Waals surface area contributed by atoms with Crippen molar-refractivity contribution in [2.45, 2.75) is 25.9 Å². The summed E-state index contributed by atoms with van der Waals surface area (Å²) in [5.74, 6) is 0. The van der Waals surface area contributed by atoms with Crippen LogP contribution in [-0.2, 0) is 11.3 Å². The van der Waals surface area contributed by atoms with E-state index < -0.39 is 0 Å². The molecule has 0 bridgehead atoms. The molecule has 2 rings (SSSR count). The lowest BCUT2D eigenvalue weighted by molar-refractivity contribution is 0.128. The van der Waals surface area contributed by atoms with Gasteiger partial charge in [0.25, 0.3) is 0 Å². The van der Waals surface area contributed by atoms with Crippen LogP contribution in [0.2, 0.25) is 0 Å². The molecule has 0 amide bonds. The minimum absolute atomic E-state index is 0.00672. The van der Waals surface area contributed by atoms with Gasteiger partial charge in [-0.05, 0) is 31.5 Å². The summed E-state index contributed by atoms with van der Waals surface area (Å²) in [5, 5.41) is 4.80. The normalized spacial score (nSPS) is 12.2. The maximum Gasteiger partial charge on any atom is 0.0639 e. The van der Waals surface area contributed by atoms with E-state index >= 15 is 0 Å². The fourth-order valence-electron chi connectivity index (χ4n) is 2.05. The molecule has 92 valence electrons. The van der Waals surface area contributed by atoms with Crippen LogP contribution >= 0.6 is 0 Å². The van der Waals surface area contributed by atoms with Crippen molar-refractivity contribution in [3.8, 4) is 0 Å². The molecule has 0 aliphatic rings. The Morgan fingerprint density at radius 1 is 1.29 bits per heavy atom. The van der Waals surface area contributed by atoms with Crippen LogP contribution < -0.4 is 5.32 Å². The van der Waals surface area contributed by atoms with E-state index in [-0.39, 0.29) is 5.54 Å². The Bertz CT molecular complexity index is 488. The molecule has 0 saturated carbocycles. The number of aromatic amines is 1. The molecule has 0 fully saturated rings. The molecular weight excluding hydrogens is 212 g/mol. The Labute approximate surface area is 102 Å². The van der Waals surface area contributed by atoms with Crippen molar-refractivity contribution in [2.75, 3.05) is 13.7 Å². The predicted molar refractivity (Wildman–Crippen MR) is 71.1 cm³/mol. The van der Waals surface area contributed by atoms with Crippen LogP contribution in [0.4, 0.5) is 0 Å². The predicted octanol–water partition coefficient (Wildman–Crippen LogP) is 2.68. The summed E-state index contributed by atoms with van der Waals surface area (Å²) in [6.45, 7) is 5.85. The molecule has 1 aromatic carbocycles. The summed E-state index contributed by atoms with van der Waals surface area (Å²) >= 11 is 0. The fraction of sp³-hybridized carbons (Fsp3) is 0.429. The summed E-state index contributed by atoms with van der Waals surface area (Å²) in [5.41, 5.74) is 2.49. The highest BCUT2D eigenvalue weighted by Gasteiger charge is 2.16. The molecule has 17 heavy (non-hydrogen) atoms. The highest BCUT2D eigenvalue weighted by molar-refractivity contribution is 5.82. The lowest BCUT2D eigenvalue weighted by Crippen LogP contribution is -2.42. The number of benzene rings is 1. The fourth-order valence-corrected chi connectivity index (χ4v) is 2.05. The van der Waals surface area contributed by atoms with Gasteiger partial charge in [0.15, 0.2) is 0 Å². The van der Waals surface area contributed by atoms with Crippen molar-refractivity contribution in [1.82, 2.24) is 10.3 Å². The van der Waals surface area contributed by atoms with Crippen molar-refractivity contribution in [2.24, 2.45) is 0 Å². The number of rotatable bonds is 5. The van der Waals surface area contributed by atoms with E-state index in [0.29, 0.717) is 6.61 Å². The third-order valence-electron chi connectivity index (χ3n) is 2.95. The number of aromatic nitrogens is 1. The van der Waals surface area contributed by atoms with Crippen molar-refractivity contribution >= 4 is 10.9 Å². The second kappa shape index (κ2) is 4.90. The molecule has 2 N–H and O–H groups in total. The van der Waals surface area contributed by atoms with Crippen LogP contribution in [0.15, 0.2) is 30.5 Å². The zero-order valence-corrected chi connectivity index (χ0v) is 10.7. The van der Waals surface area contributed by atoms with Gasteiger partial charge in [-0.1, -0.05) is 12.1 Å². The monoisotopic (exact) mass is 232 g/mol. The first-order valence-corrected chi connectivity index (χ1v) is 5.91. The second-order valence-corrected chi connectivity index (χ2v) is 5.03. The van der Waals surface area contributed by atoms with Gasteiger partial charge in [-0.25, -0.2) is 0 Å². The van der Waals surface area contributed by atoms with Gasteiger partial charge in [-0.2, -0.15) is 0 Å². The third kappa shape index (κ3) is 2.87. The molecule has 0 atom stereocenters. The van der Waals surface area contributed by atoms with E-state index in [1.807, 2.05) is 6.20 Å². The topological polar surface area (TPSA) is 37.0 Å². The van der Waals surface area contributed by atoms with Gasteiger partial charge in [0.2, 0.25) is 0 Å². The molecule has 0 spiro atoms. The number of H-pyrrole nitrogens is 1. The molecule has 0 unspecified atom stereocenters. The van der Waals surface area contributed by atoms with Crippen LogP contribution in [0, 0.1) is 0 Å². The number of methoxy groups -OCH3 is 1. The Hall–Kier alpha value is -1.32. The zero-order valence-electron chi connectivity index (χ0n) is 10.7. The number of fused-ring (bicyclic) bond motifs is 1. The SMILES string of the molecule is COCC(C)(C)NCc1cccc2[nH]ccc12. The Morgan fingerprint density at radius 2 is 2.12 bits per heavy atom. The quantitative estimate of drug-likeness (QED) is 0.831. The smallest absolute Gasteiger partial charge is 0.0639 e. The van der Waals surface area contributed by atoms with Gasteiger partial charge in [0.05, 0.1) is 6.61 Å². The molecule has 1 heterocycles. The summed E-state index contributed by atoms with van der Waals surface area (Å²) < 4.78 is 5.20. The van der Waals surface area contributed by atoms with Gasteiger partial charge >= 0.3 is 0 Å². The maximum absolute atomic E-state index is 5.20. The minimum atomic E-state index is -0.00672. The first-order valence-electron chi connectivity index (χ1n) is 5.91. The zero-order chi connectivity index (χ0) is 12.3. The van der Waals surface area contributed by atoms with Gasteiger partial charge in [0.1, 0.15) is 0 Å². The van der Waals surface area contributed by atoms with Crippen LogP contribution in [-0.4, -0.2) is 24.2 Å². The standard InChI is InChI=1S/C14H20N2O/c1-14(2,10-17-3)16-9-11-5-4-6-13-12(11)7-8-15-13/h4-8,15-16H,9-10H2,1-3H3. The number of hydrogen-bond acceptors (Lipinski definition) is 2. The number of ether oxygens (including phenoxy) is 1. The third-order valence-corrected chi connectivity index (χ3v) is 2.95. The number of nitrogens with one attached hydrogen (secondary N) is 2. The molecule has 0 aliphatic heterocycles. The molecule has 3 nitrogen and oxygen atoms in total. The van der Waals surface area contributed by atoms with E-state index in [1.165, 1.54) is 16.5 Å².